The Labute approximate surface area is 164 Å². The minimum Gasteiger partial charge on any atom is -0.339 e. The average Bonchev–Trinajstić information content (AvgIpc) is 3.10. The Morgan fingerprint density at radius 1 is 1.15 bits per heavy atom. The monoisotopic (exact) mass is 393 g/mol. The fraction of sp³-hybridized carbons (Fsp3) is 0.667. The van der Waals surface area contributed by atoms with Crippen LogP contribution in [-0.2, 0) is 4.79 Å². The Morgan fingerprint density at radius 2 is 1.73 bits per heavy atom. The van der Waals surface area contributed by atoms with Crippen LogP contribution in [0.3, 0.4) is 0 Å². The second-order valence-electron chi connectivity index (χ2n) is 8.09. The number of amides is 1. The van der Waals surface area contributed by atoms with E-state index in [0.29, 0.717) is 15.9 Å². The molecule has 1 saturated heterocycles. The third-order valence-electron chi connectivity index (χ3n) is 6.75. The van der Waals surface area contributed by atoms with Crippen molar-refractivity contribution in [2.24, 2.45) is 17.8 Å². The Hall–Kier alpha value is -0.680. The molecule has 3 fully saturated rings. The number of benzene rings is 1. The van der Waals surface area contributed by atoms with Gasteiger partial charge in [0.1, 0.15) is 5.82 Å². The maximum atomic E-state index is 13.3. The minimum atomic E-state index is -0.230. The second-order valence-corrected chi connectivity index (χ2v) is 11.1. The van der Waals surface area contributed by atoms with E-state index < -0.39 is 0 Å². The third-order valence-corrected chi connectivity index (χ3v) is 10.8. The minimum absolute atomic E-state index is 0.0194. The highest BCUT2D eigenvalue weighted by Gasteiger charge is 2.55. The first-order valence-corrected chi connectivity index (χ1v) is 11.8. The average molecular weight is 394 g/mol. The molecule has 3 unspecified atom stereocenters. The molecule has 142 valence electrons. The van der Waals surface area contributed by atoms with Crippen LogP contribution >= 0.6 is 23.5 Å². The van der Waals surface area contributed by atoms with Gasteiger partial charge in [-0.15, -0.1) is 23.5 Å². The maximum Gasteiger partial charge on any atom is 0.225 e. The third kappa shape index (κ3) is 3.19. The van der Waals surface area contributed by atoms with Crippen LogP contribution in [0.2, 0.25) is 0 Å². The largest absolute Gasteiger partial charge is 0.339 e. The number of thioether (sulfide) groups is 2. The van der Waals surface area contributed by atoms with Gasteiger partial charge in [0.2, 0.25) is 5.91 Å². The molecule has 1 aliphatic heterocycles. The van der Waals surface area contributed by atoms with Crippen LogP contribution < -0.4 is 0 Å². The topological polar surface area (TPSA) is 20.3 Å². The Bertz CT molecular complexity index is 642. The van der Waals surface area contributed by atoms with E-state index in [4.69, 9.17) is 0 Å². The van der Waals surface area contributed by atoms with E-state index in [2.05, 4.69) is 23.5 Å². The van der Waals surface area contributed by atoms with Gasteiger partial charge in [0.05, 0.1) is 10.1 Å². The van der Waals surface area contributed by atoms with Crippen molar-refractivity contribution < 1.29 is 9.18 Å². The van der Waals surface area contributed by atoms with Crippen molar-refractivity contribution in [3.8, 4) is 0 Å². The van der Waals surface area contributed by atoms with Crippen molar-refractivity contribution in [1.82, 2.24) is 4.90 Å². The summed E-state index contributed by atoms with van der Waals surface area (Å²) in [5.74, 6) is 4.14. The summed E-state index contributed by atoms with van der Waals surface area (Å²) in [6, 6.07) is 6.52. The van der Waals surface area contributed by atoms with E-state index in [1.165, 1.54) is 42.9 Å². The van der Waals surface area contributed by atoms with Crippen LogP contribution in [0.15, 0.2) is 24.3 Å². The lowest BCUT2D eigenvalue weighted by atomic mass is 9.66. The normalized spacial score (nSPS) is 31.0. The number of hydrogen-bond acceptors (Lipinski definition) is 3. The van der Waals surface area contributed by atoms with Crippen LogP contribution in [0, 0.1) is 23.6 Å². The van der Waals surface area contributed by atoms with E-state index >= 15 is 0 Å². The van der Waals surface area contributed by atoms with Crippen LogP contribution in [-0.4, -0.2) is 33.4 Å². The van der Waals surface area contributed by atoms with Crippen molar-refractivity contribution in [3.63, 3.8) is 0 Å². The molecular formula is C21H28FNOS2. The summed E-state index contributed by atoms with van der Waals surface area (Å²) in [7, 11) is 1.91. The van der Waals surface area contributed by atoms with Gasteiger partial charge in [0.25, 0.3) is 0 Å². The van der Waals surface area contributed by atoms with Crippen molar-refractivity contribution >= 4 is 29.4 Å². The summed E-state index contributed by atoms with van der Waals surface area (Å²) in [5, 5.41) is 0. The molecule has 26 heavy (non-hydrogen) atoms. The first-order chi connectivity index (χ1) is 12.5. The second kappa shape index (κ2) is 7.38. The van der Waals surface area contributed by atoms with Gasteiger partial charge >= 0.3 is 0 Å². The summed E-state index contributed by atoms with van der Waals surface area (Å²) in [5.41, 5.74) is 0.997. The van der Waals surface area contributed by atoms with Gasteiger partial charge in [-0.25, -0.2) is 4.39 Å². The molecule has 3 atom stereocenters. The van der Waals surface area contributed by atoms with Crippen molar-refractivity contribution in [2.45, 2.75) is 49.1 Å². The molecule has 1 spiro atoms. The number of rotatable bonds is 3. The summed E-state index contributed by atoms with van der Waals surface area (Å²) < 4.78 is 13.6. The molecule has 2 nitrogen and oxygen atoms in total. The maximum absolute atomic E-state index is 13.3. The SMILES string of the molecule is CC(c1ccc(F)cc1)N(C)C(=O)C1CC2CCCC(C1)C21SCCS1. The van der Waals surface area contributed by atoms with E-state index in [-0.39, 0.29) is 23.7 Å². The zero-order valence-electron chi connectivity index (χ0n) is 15.6. The quantitative estimate of drug-likeness (QED) is 0.691. The van der Waals surface area contributed by atoms with E-state index in [1.54, 1.807) is 12.1 Å². The van der Waals surface area contributed by atoms with Crippen LogP contribution in [0.25, 0.3) is 0 Å². The molecule has 1 aromatic carbocycles. The molecule has 4 rings (SSSR count). The van der Waals surface area contributed by atoms with Crippen LogP contribution in [0.5, 0.6) is 0 Å². The summed E-state index contributed by atoms with van der Waals surface area (Å²) in [6.07, 6.45) is 6.02. The fourth-order valence-electron chi connectivity index (χ4n) is 5.25. The van der Waals surface area contributed by atoms with Gasteiger partial charge < -0.3 is 4.90 Å². The lowest BCUT2D eigenvalue weighted by molar-refractivity contribution is -0.139. The molecule has 1 heterocycles. The summed E-state index contributed by atoms with van der Waals surface area (Å²) >= 11 is 4.37. The summed E-state index contributed by atoms with van der Waals surface area (Å²) in [6.45, 7) is 2.04. The molecule has 0 radical (unpaired) electrons. The Balaban J connectivity index is 1.47. The molecule has 2 saturated carbocycles. The molecule has 0 N–H and O–H groups in total. The van der Waals surface area contributed by atoms with Crippen LogP contribution in [0.4, 0.5) is 4.39 Å². The van der Waals surface area contributed by atoms with E-state index in [1.807, 2.05) is 18.9 Å². The zero-order chi connectivity index (χ0) is 18.3. The highest BCUT2D eigenvalue weighted by Crippen LogP contribution is 2.64. The van der Waals surface area contributed by atoms with Gasteiger partial charge in [-0.05, 0) is 62.1 Å². The predicted molar refractivity (Wildman–Crippen MR) is 109 cm³/mol. The molecule has 1 amide bonds. The molecular weight excluding hydrogens is 365 g/mol. The first kappa shape index (κ1) is 18.7. The van der Waals surface area contributed by atoms with Gasteiger partial charge in [-0.2, -0.15) is 0 Å². The lowest BCUT2D eigenvalue weighted by Crippen LogP contribution is -2.50. The molecule has 1 aromatic rings. The molecule has 2 bridgehead atoms. The van der Waals surface area contributed by atoms with Crippen LogP contribution in [0.1, 0.15) is 50.6 Å². The zero-order valence-corrected chi connectivity index (χ0v) is 17.3. The fourth-order valence-corrected chi connectivity index (χ4v) is 9.19. The Morgan fingerprint density at radius 3 is 2.31 bits per heavy atom. The number of nitrogens with zero attached hydrogens (tertiary/aromatic N) is 1. The highest BCUT2D eigenvalue weighted by atomic mass is 32.2. The number of hydrogen-bond donors (Lipinski definition) is 0. The molecule has 3 aliphatic rings. The molecule has 5 heteroatoms. The molecule has 0 aromatic heterocycles. The standard InChI is InChI=1S/C21H28FNOS2/c1-14(15-6-8-19(22)9-7-15)23(2)20(24)16-12-17-4-3-5-18(13-16)21(17)25-10-11-26-21/h6-9,14,16-18H,3-5,10-13H2,1-2H3. The van der Waals surface area contributed by atoms with Gasteiger partial charge in [-0.3, -0.25) is 4.79 Å². The lowest BCUT2D eigenvalue weighted by Gasteiger charge is -2.52. The smallest absolute Gasteiger partial charge is 0.225 e. The highest BCUT2D eigenvalue weighted by molar-refractivity contribution is 8.21. The predicted octanol–water partition coefficient (Wildman–Crippen LogP) is 5.35. The van der Waals surface area contributed by atoms with Crippen molar-refractivity contribution in [3.05, 3.63) is 35.6 Å². The van der Waals surface area contributed by atoms with Gasteiger partial charge in [0.15, 0.2) is 0 Å². The Kier molecular flexibility index (Phi) is 5.30. The van der Waals surface area contributed by atoms with Gasteiger partial charge in [0, 0.05) is 24.5 Å². The summed E-state index contributed by atoms with van der Waals surface area (Å²) in [4.78, 5) is 15.1. The molecule has 2 aliphatic carbocycles. The number of carbonyl (C=O) groups is 1. The first-order valence-electron chi connectivity index (χ1n) is 9.81. The van der Waals surface area contributed by atoms with E-state index in [9.17, 15) is 9.18 Å². The van der Waals surface area contributed by atoms with Gasteiger partial charge in [-0.1, -0.05) is 18.6 Å². The van der Waals surface area contributed by atoms with E-state index in [0.717, 1.165) is 18.4 Å². The van der Waals surface area contributed by atoms with Crippen molar-refractivity contribution in [1.29, 1.82) is 0 Å². The number of carbonyl (C=O) groups excluding carboxylic acids is 1. The number of halogens is 1. The van der Waals surface area contributed by atoms with Crippen molar-refractivity contribution in [2.75, 3.05) is 18.6 Å².